The van der Waals surface area contributed by atoms with Crippen LogP contribution < -0.4 is 16.2 Å². The van der Waals surface area contributed by atoms with Crippen LogP contribution in [-0.2, 0) is 4.74 Å². The summed E-state index contributed by atoms with van der Waals surface area (Å²) in [6.07, 6.45) is 0. The molecule has 3 N–H and O–H groups in total. The molecule has 0 heterocycles. The largest absolute Gasteiger partial charge is 0.383 e. The molecule has 1 aromatic rings. The van der Waals surface area contributed by atoms with E-state index < -0.39 is 0 Å². The van der Waals surface area contributed by atoms with Gasteiger partial charge in [0.15, 0.2) is 5.11 Å². The van der Waals surface area contributed by atoms with Crippen molar-refractivity contribution in [3.8, 4) is 0 Å². The third-order valence-electron chi connectivity index (χ3n) is 2.17. The second-order valence-corrected chi connectivity index (χ2v) is 5.24. The van der Waals surface area contributed by atoms with Gasteiger partial charge in [-0.25, -0.2) is 0 Å². The zero-order valence-corrected chi connectivity index (χ0v) is 13.1. The number of rotatable bonds is 4. The lowest BCUT2D eigenvalue weighted by Crippen LogP contribution is -2.49. The summed E-state index contributed by atoms with van der Waals surface area (Å²) in [7, 11) is 1.61. The quantitative estimate of drug-likeness (QED) is 0.571. The van der Waals surface area contributed by atoms with Crippen molar-refractivity contribution in [2.24, 2.45) is 0 Å². The number of amides is 1. The van der Waals surface area contributed by atoms with E-state index in [4.69, 9.17) is 17.0 Å². The van der Waals surface area contributed by atoms with Crippen molar-refractivity contribution in [1.29, 1.82) is 0 Å². The topological polar surface area (TPSA) is 62.4 Å². The summed E-state index contributed by atoms with van der Waals surface area (Å²) in [4.78, 5) is 11.8. The van der Waals surface area contributed by atoms with Crippen LogP contribution in [0.2, 0.25) is 0 Å². The maximum Gasteiger partial charge on any atom is 0.269 e. The number of hydrazine groups is 1. The number of carbonyl (C=O) groups excluding carboxylic acids is 1. The molecule has 0 aliphatic heterocycles. The van der Waals surface area contributed by atoms with Gasteiger partial charge >= 0.3 is 0 Å². The number of carbonyl (C=O) groups is 1. The first-order valence-corrected chi connectivity index (χ1v) is 6.84. The number of thiocarbonyl (C=S) groups is 1. The molecule has 0 saturated carbocycles. The molecule has 0 unspecified atom stereocenters. The van der Waals surface area contributed by atoms with Crippen LogP contribution in [-0.4, -0.2) is 30.8 Å². The Kier molecular flexibility index (Phi) is 6.75. The molecule has 0 aliphatic rings. The van der Waals surface area contributed by atoms with Crippen LogP contribution in [0.4, 0.5) is 0 Å². The Bertz CT molecular complexity index is 456. The highest BCUT2D eigenvalue weighted by atomic mass is 79.9. The SMILES string of the molecule is COC[C@@H](C)NC(=S)NNC(=O)c1cccc(Br)c1. The second-order valence-electron chi connectivity index (χ2n) is 3.92. The molecule has 0 fully saturated rings. The Balaban J connectivity index is 2.40. The fourth-order valence-corrected chi connectivity index (χ4v) is 2.02. The zero-order chi connectivity index (χ0) is 14.3. The van der Waals surface area contributed by atoms with E-state index in [0.717, 1.165) is 4.47 Å². The van der Waals surface area contributed by atoms with Gasteiger partial charge < -0.3 is 10.1 Å². The molecular weight excluding hydrogens is 330 g/mol. The van der Waals surface area contributed by atoms with E-state index in [-0.39, 0.29) is 11.9 Å². The lowest BCUT2D eigenvalue weighted by molar-refractivity contribution is 0.0943. The smallest absolute Gasteiger partial charge is 0.269 e. The Morgan fingerprint density at radius 3 is 2.84 bits per heavy atom. The van der Waals surface area contributed by atoms with Gasteiger partial charge in [-0.1, -0.05) is 22.0 Å². The lowest BCUT2D eigenvalue weighted by atomic mass is 10.2. The molecule has 0 saturated heterocycles. The molecule has 0 radical (unpaired) electrons. The van der Waals surface area contributed by atoms with Crippen LogP contribution in [0.1, 0.15) is 17.3 Å². The number of hydrogen-bond donors (Lipinski definition) is 3. The van der Waals surface area contributed by atoms with Crippen molar-refractivity contribution >= 4 is 39.2 Å². The number of hydrogen-bond acceptors (Lipinski definition) is 3. The monoisotopic (exact) mass is 345 g/mol. The molecule has 7 heteroatoms. The summed E-state index contributed by atoms with van der Waals surface area (Å²) in [6, 6.07) is 7.14. The number of methoxy groups -OCH3 is 1. The van der Waals surface area contributed by atoms with Crippen LogP contribution in [0.15, 0.2) is 28.7 Å². The summed E-state index contributed by atoms with van der Waals surface area (Å²) in [5.41, 5.74) is 5.70. The first kappa shape index (κ1) is 15.9. The predicted molar refractivity (Wildman–Crippen MR) is 81.8 cm³/mol. The van der Waals surface area contributed by atoms with E-state index in [1.165, 1.54) is 0 Å². The van der Waals surface area contributed by atoms with Crippen LogP contribution in [0.25, 0.3) is 0 Å². The summed E-state index contributed by atoms with van der Waals surface area (Å²) < 4.78 is 5.81. The van der Waals surface area contributed by atoms with Crippen molar-refractivity contribution in [2.45, 2.75) is 13.0 Å². The molecule has 0 aromatic heterocycles. The summed E-state index contributed by atoms with van der Waals surface area (Å²) in [5, 5.41) is 3.31. The Hall–Kier alpha value is -1.18. The molecule has 5 nitrogen and oxygen atoms in total. The van der Waals surface area contributed by atoms with E-state index in [9.17, 15) is 4.79 Å². The van der Waals surface area contributed by atoms with Crippen LogP contribution in [0.3, 0.4) is 0 Å². The maximum absolute atomic E-state index is 11.8. The normalized spacial score (nSPS) is 11.5. The summed E-state index contributed by atoms with van der Waals surface area (Å²) in [5.74, 6) is -0.259. The zero-order valence-electron chi connectivity index (χ0n) is 10.7. The average molecular weight is 346 g/mol. The molecule has 0 bridgehead atoms. The number of ether oxygens (including phenoxy) is 1. The third-order valence-corrected chi connectivity index (χ3v) is 2.88. The minimum atomic E-state index is -0.259. The fraction of sp³-hybridized carbons (Fsp3) is 0.333. The lowest BCUT2D eigenvalue weighted by Gasteiger charge is -2.16. The molecule has 1 aromatic carbocycles. The van der Waals surface area contributed by atoms with Gasteiger partial charge in [0, 0.05) is 23.2 Å². The summed E-state index contributed by atoms with van der Waals surface area (Å²) >= 11 is 8.34. The Morgan fingerprint density at radius 1 is 1.47 bits per heavy atom. The van der Waals surface area contributed by atoms with Gasteiger partial charge in [0.25, 0.3) is 5.91 Å². The van der Waals surface area contributed by atoms with Crippen LogP contribution in [0, 0.1) is 0 Å². The van der Waals surface area contributed by atoms with Gasteiger partial charge in [-0.3, -0.25) is 15.6 Å². The fourth-order valence-electron chi connectivity index (χ4n) is 1.37. The highest BCUT2D eigenvalue weighted by Gasteiger charge is 2.07. The van der Waals surface area contributed by atoms with E-state index in [1.54, 1.807) is 25.3 Å². The molecule has 1 rings (SSSR count). The van der Waals surface area contributed by atoms with Gasteiger partial charge in [0.05, 0.1) is 6.61 Å². The Morgan fingerprint density at radius 2 is 2.21 bits per heavy atom. The molecule has 104 valence electrons. The molecule has 0 aliphatic carbocycles. The first-order valence-electron chi connectivity index (χ1n) is 5.64. The van der Waals surface area contributed by atoms with Crippen molar-refractivity contribution in [2.75, 3.05) is 13.7 Å². The number of benzene rings is 1. The van der Waals surface area contributed by atoms with E-state index >= 15 is 0 Å². The second kappa shape index (κ2) is 8.08. The molecule has 1 amide bonds. The average Bonchev–Trinajstić information content (AvgIpc) is 2.36. The predicted octanol–water partition coefficient (Wildman–Crippen LogP) is 1.59. The Labute approximate surface area is 126 Å². The molecular formula is C12H16BrN3O2S. The van der Waals surface area contributed by atoms with Gasteiger partial charge in [-0.15, -0.1) is 0 Å². The third kappa shape index (κ3) is 6.00. The molecule has 19 heavy (non-hydrogen) atoms. The van der Waals surface area contributed by atoms with Gasteiger partial charge in [-0.05, 0) is 37.3 Å². The first-order chi connectivity index (χ1) is 9.02. The van der Waals surface area contributed by atoms with Crippen molar-refractivity contribution < 1.29 is 9.53 Å². The van der Waals surface area contributed by atoms with Crippen molar-refractivity contribution in [3.63, 3.8) is 0 Å². The minimum Gasteiger partial charge on any atom is -0.383 e. The number of halogens is 1. The van der Waals surface area contributed by atoms with Gasteiger partial charge in [0.1, 0.15) is 0 Å². The van der Waals surface area contributed by atoms with E-state index in [2.05, 4.69) is 32.1 Å². The number of nitrogens with one attached hydrogen (secondary N) is 3. The van der Waals surface area contributed by atoms with E-state index in [1.807, 2.05) is 13.0 Å². The van der Waals surface area contributed by atoms with Crippen LogP contribution >= 0.6 is 28.1 Å². The minimum absolute atomic E-state index is 0.0628. The van der Waals surface area contributed by atoms with Gasteiger partial charge in [-0.2, -0.15) is 0 Å². The highest BCUT2D eigenvalue weighted by Crippen LogP contribution is 2.11. The highest BCUT2D eigenvalue weighted by molar-refractivity contribution is 9.10. The molecule has 0 spiro atoms. The molecule has 1 atom stereocenters. The standard InChI is InChI=1S/C12H16BrN3O2S/c1-8(7-18-2)14-12(19)16-15-11(17)9-4-3-5-10(13)6-9/h3-6,8H,7H2,1-2H3,(H,15,17)(H2,14,16,19)/t8-/m1/s1. The van der Waals surface area contributed by atoms with Crippen molar-refractivity contribution in [3.05, 3.63) is 34.3 Å². The van der Waals surface area contributed by atoms with Gasteiger partial charge in [0.2, 0.25) is 0 Å². The van der Waals surface area contributed by atoms with Crippen LogP contribution in [0.5, 0.6) is 0 Å². The van der Waals surface area contributed by atoms with E-state index in [0.29, 0.717) is 17.3 Å². The van der Waals surface area contributed by atoms with Crippen molar-refractivity contribution in [1.82, 2.24) is 16.2 Å². The maximum atomic E-state index is 11.8. The summed E-state index contributed by atoms with van der Waals surface area (Å²) in [6.45, 7) is 2.45.